The van der Waals surface area contributed by atoms with E-state index in [1.807, 2.05) is 41.9 Å². The van der Waals surface area contributed by atoms with E-state index in [1.165, 1.54) is 0 Å². The molecule has 0 aliphatic rings. The van der Waals surface area contributed by atoms with Gasteiger partial charge in [0, 0.05) is 6.54 Å². The van der Waals surface area contributed by atoms with Gasteiger partial charge in [-0.3, -0.25) is 9.48 Å². The van der Waals surface area contributed by atoms with Crippen LogP contribution in [0.4, 0.5) is 5.69 Å². The Morgan fingerprint density at radius 1 is 1.35 bits per heavy atom. The molecule has 0 saturated carbocycles. The van der Waals surface area contributed by atoms with E-state index in [0.717, 1.165) is 30.6 Å². The molecule has 0 aliphatic heterocycles. The number of aliphatic hydroxyl groups is 1. The Kier molecular flexibility index (Phi) is 5.55. The molecule has 0 saturated heterocycles. The SMILES string of the molecule is CCCCn1ncc(NC(=O)CC(C)(O)c2ccccc2)c1C. The highest BCUT2D eigenvalue weighted by molar-refractivity contribution is 5.91. The molecule has 0 spiro atoms. The maximum atomic E-state index is 12.3. The fraction of sp³-hybridized carbons (Fsp3) is 0.444. The number of carbonyl (C=O) groups excluding carboxylic acids is 1. The lowest BCUT2D eigenvalue weighted by Crippen LogP contribution is -2.28. The molecule has 0 radical (unpaired) electrons. The minimum absolute atomic E-state index is 0.00338. The number of amides is 1. The van der Waals surface area contributed by atoms with Crippen LogP contribution in [-0.4, -0.2) is 20.8 Å². The molecule has 5 heteroatoms. The maximum absolute atomic E-state index is 12.3. The number of aryl methyl sites for hydroxylation is 1. The van der Waals surface area contributed by atoms with Crippen molar-refractivity contribution in [3.8, 4) is 0 Å². The molecular formula is C18H25N3O2. The van der Waals surface area contributed by atoms with Gasteiger partial charge in [-0.2, -0.15) is 5.10 Å². The fourth-order valence-electron chi connectivity index (χ4n) is 2.51. The summed E-state index contributed by atoms with van der Waals surface area (Å²) >= 11 is 0. The van der Waals surface area contributed by atoms with Crippen molar-refractivity contribution < 1.29 is 9.90 Å². The number of nitrogens with one attached hydrogen (secondary N) is 1. The van der Waals surface area contributed by atoms with Crippen molar-refractivity contribution in [2.45, 2.75) is 52.2 Å². The van der Waals surface area contributed by atoms with Crippen LogP contribution in [0.2, 0.25) is 0 Å². The van der Waals surface area contributed by atoms with Crippen LogP contribution in [0, 0.1) is 6.92 Å². The molecular weight excluding hydrogens is 290 g/mol. The van der Waals surface area contributed by atoms with Gasteiger partial charge in [-0.15, -0.1) is 0 Å². The normalized spacial score (nSPS) is 13.6. The minimum atomic E-state index is -1.20. The first-order chi connectivity index (χ1) is 10.9. The van der Waals surface area contributed by atoms with E-state index in [4.69, 9.17) is 0 Å². The van der Waals surface area contributed by atoms with Crippen LogP contribution >= 0.6 is 0 Å². The Hall–Kier alpha value is -2.14. The average Bonchev–Trinajstić information content (AvgIpc) is 2.86. The average molecular weight is 315 g/mol. The van der Waals surface area contributed by atoms with E-state index in [1.54, 1.807) is 13.1 Å². The fourth-order valence-corrected chi connectivity index (χ4v) is 2.51. The third-order valence-corrected chi connectivity index (χ3v) is 4.00. The third kappa shape index (κ3) is 4.42. The summed E-state index contributed by atoms with van der Waals surface area (Å²) in [6, 6.07) is 9.23. The van der Waals surface area contributed by atoms with E-state index in [0.29, 0.717) is 5.69 Å². The molecule has 23 heavy (non-hydrogen) atoms. The molecule has 0 fully saturated rings. The largest absolute Gasteiger partial charge is 0.385 e. The molecule has 5 nitrogen and oxygen atoms in total. The zero-order valence-electron chi connectivity index (χ0n) is 14.0. The number of rotatable bonds is 7. The Labute approximate surface area is 137 Å². The summed E-state index contributed by atoms with van der Waals surface area (Å²) in [7, 11) is 0. The van der Waals surface area contributed by atoms with E-state index < -0.39 is 5.60 Å². The number of nitrogens with zero attached hydrogens (tertiary/aromatic N) is 2. The molecule has 2 rings (SSSR count). The second-order valence-electron chi connectivity index (χ2n) is 6.09. The Morgan fingerprint density at radius 2 is 2.04 bits per heavy atom. The third-order valence-electron chi connectivity index (χ3n) is 4.00. The van der Waals surface area contributed by atoms with E-state index >= 15 is 0 Å². The van der Waals surface area contributed by atoms with E-state index in [-0.39, 0.29) is 12.3 Å². The second kappa shape index (κ2) is 7.42. The van der Waals surface area contributed by atoms with Crippen molar-refractivity contribution in [1.29, 1.82) is 0 Å². The van der Waals surface area contributed by atoms with Crippen LogP contribution in [0.25, 0.3) is 0 Å². The van der Waals surface area contributed by atoms with Crippen LogP contribution in [0.15, 0.2) is 36.5 Å². The first-order valence-electron chi connectivity index (χ1n) is 8.04. The quantitative estimate of drug-likeness (QED) is 0.824. The van der Waals surface area contributed by atoms with Crippen LogP contribution in [0.1, 0.15) is 44.4 Å². The van der Waals surface area contributed by atoms with Gasteiger partial charge in [0.1, 0.15) is 0 Å². The van der Waals surface area contributed by atoms with Gasteiger partial charge in [-0.1, -0.05) is 43.7 Å². The molecule has 1 amide bonds. The van der Waals surface area contributed by atoms with Crippen molar-refractivity contribution in [3.05, 3.63) is 47.8 Å². The van der Waals surface area contributed by atoms with Gasteiger partial charge in [-0.25, -0.2) is 0 Å². The van der Waals surface area contributed by atoms with Gasteiger partial charge in [0.25, 0.3) is 0 Å². The number of benzene rings is 1. The van der Waals surface area contributed by atoms with Crippen molar-refractivity contribution in [1.82, 2.24) is 9.78 Å². The highest BCUT2D eigenvalue weighted by Gasteiger charge is 2.26. The lowest BCUT2D eigenvalue weighted by molar-refractivity contribution is -0.120. The van der Waals surface area contributed by atoms with Gasteiger partial charge in [0.2, 0.25) is 5.91 Å². The topological polar surface area (TPSA) is 67.2 Å². The predicted octanol–water partition coefficient (Wildman–Crippen LogP) is 3.23. The second-order valence-corrected chi connectivity index (χ2v) is 6.09. The Balaban J connectivity index is 2.01. The van der Waals surface area contributed by atoms with Crippen LogP contribution in [0.3, 0.4) is 0 Å². The molecule has 1 aromatic carbocycles. The van der Waals surface area contributed by atoms with Crippen molar-refractivity contribution in [2.24, 2.45) is 0 Å². The lowest BCUT2D eigenvalue weighted by Gasteiger charge is -2.23. The highest BCUT2D eigenvalue weighted by Crippen LogP contribution is 2.25. The first kappa shape index (κ1) is 17.2. The zero-order chi connectivity index (χ0) is 16.9. The Bertz CT molecular complexity index is 648. The number of hydrogen-bond acceptors (Lipinski definition) is 3. The number of unbranched alkanes of at least 4 members (excludes halogenated alkanes) is 1. The molecule has 124 valence electrons. The molecule has 0 aliphatic carbocycles. The van der Waals surface area contributed by atoms with Crippen LogP contribution in [-0.2, 0) is 16.9 Å². The smallest absolute Gasteiger partial charge is 0.227 e. The number of hydrogen-bond donors (Lipinski definition) is 2. The Morgan fingerprint density at radius 3 is 2.70 bits per heavy atom. The van der Waals surface area contributed by atoms with Gasteiger partial charge >= 0.3 is 0 Å². The number of anilines is 1. The molecule has 1 unspecified atom stereocenters. The molecule has 2 N–H and O–H groups in total. The molecule has 0 bridgehead atoms. The summed E-state index contributed by atoms with van der Waals surface area (Å²) in [5.74, 6) is -0.225. The van der Waals surface area contributed by atoms with E-state index in [9.17, 15) is 9.90 Å². The lowest BCUT2D eigenvalue weighted by atomic mass is 9.92. The standard InChI is InChI=1S/C18H25N3O2/c1-4-5-11-21-14(2)16(13-19-21)20-17(22)12-18(3,23)15-9-7-6-8-10-15/h6-10,13,23H,4-5,11-12H2,1-3H3,(H,20,22). The van der Waals surface area contributed by atoms with Gasteiger partial charge in [0.05, 0.1) is 29.6 Å². The number of carbonyl (C=O) groups is 1. The highest BCUT2D eigenvalue weighted by atomic mass is 16.3. The zero-order valence-corrected chi connectivity index (χ0v) is 14.0. The van der Waals surface area contributed by atoms with Crippen molar-refractivity contribution in [3.63, 3.8) is 0 Å². The monoisotopic (exact) mass is 315 g/mol. The molecule has 1 aromatic heterocycles. The van der Waals surface area contributed by atoms with Gasteiger partial charge in [0.15, 0.2) is 0 Å². The van der Waals surface area contributed by atoms with Crippen molar-refractivity contribution in [2.75, 3.05) is 5.32 Å². The van der Waals surface area contributed by atoms with Crippen molar-refractivity contribution >= 4 is 11.6 Å². The molecule has 1 heterocycles. The number of aromatic nitrogens is 2. The van der Waals surface area contributed by atoms with Gasteiger partial charge < -0.3 is 10.4 Å². The summed E-state index contributed by atoms with van der Waals surface area (Å²) in [6.45, 7) is 6.57. The van der Waals surface area contributed by atoms with Crippen LogP contribution < -0.4 is 5.32 Å². The molecule has 2 aromatic rings. The minimum Gasteiger partial charge on any atom is -0.385 e. The summed E-state index contributed by atoms with van der Waals surface area (Å²) in [5.41, 5.74) is 1.17. The summed E-state index contributed by atoms with van der Waals surface area (Å²) in [5, 5.41) is 17.7. The summed E-state index contributed by atoms with van der Waals surface area (Å²) in [4.78, 5) is 12.3. The summed E-state index contributed by atoms with van der Waals surface area (Å²) < 4.78 is 1.90. The van der Waals surface area contributed by atoms with Gasteiger partial charge in [-0.05, 0) is 25.8 Å². The summed E-state index contributed by atoms with van der Waals surface area (Å²) in [6.07, 6.45) is 3.82. The molecule has 1 atom stereocenters. The first-order valence-corrected chi connectivity index (χ1v) is 8.04. The predicted molar refractivity (Wildman–Crippen MR) is 91.1 cm³/mol. The van der Waals surface area contributed by atoms with E-state index in [2.05, 4.69) is 17.3 Å². The van der Waals surface area contributed by atoms with Crippen LogP contribution in [0.5, 0.6) is 0 Å². The maximum Gasteiger partial charge on any atom is 0.227 e.